The molecular formula is C28H60ClN. The molecule has 0 saturated heterocycles. The first-order valence-corrected chi connectivity index (χ1v) is 14.0. The Hall–Kier alpha value is 0.250. The van der Waals surface area contributed by atoms with Gasteiger partial charge >= 0.3 is 0 Å². The molecule has 30 heavy (non-hydrogen) atoms. The summed E-state index contributed by atoms with van der Waals surface area (Å²) in [6.07, 6.45) is 31.6. The Labute approximate surface area is 199 Å². The van der Waals surface area contributed by atoms with E-state index in [2.05, 4.69) is 32.7 Å². The molecule has 0 atom stereocenters. The van der Waals surface area contributed by atoms with Crippen LogP contribution in [0.1, 0.15) is 162 Å². The van der Waals surface area contributed by atoms with E-state index in [0.717, 1.165) is 6.04 Å². The van der Waals surface area contributed by atoms with Gasteiger partial charge in [-0.2, -0.15) is 0 Å². The van der Waals surface area contributed by atoms with E-state index >= 15 is 0 Å². The van der Waals surface area contributed by atoms with Gasteiger partial charge in [0.15, 0.2) is 0 Å². The van der Waals surface area contributed by atoms with Crippen LogP contribution >= 0.6 is 12.4 Å². The Kier molecular flexibility index (Phi) is 29.5. The largest absolute Gasteiger partial charge is 0.303 e. The maximum atomic E-state index is 2.73. The highest BCUT2D eigenvalue weighted by Gasteiger charge is 2.14. The van der Waals surface area contributed by atoms with Gasteiger partial charge in [-0.05, 0) is 32.9 Å². The normalized spacial score (nSPS) is 11.4. The van der Waals surface area contributed by atoms with Crippen molar-refractivity contribution in [1.29, 1.82) is 0 Å². The molecule has 0 aromatic heterocycles. The standard InChI is InChI=1S/C28H59N.ClH/c1-5-8-11-14-17-18-21-24-27-29(4)28(25-22-19-15-12-9-6-2)26-23-20-16-13-10-7-3;/h28H,5-27H2,1-4H3;1H. The number of unbranched alkanes of at least 4 members (excludes halogenated alkanes) is 17. The van der Waals surface area contributed by atoms with Crippen LogP contribution in [0.25, 0.3) is 0 Å². The average molecular weight is 446 g/mol. The minimum Gasteiger partial charge on any atom is -0.303 e. The van der Waals surface area contributed by atoms with Crippen LogP contribution in [0.2, 0.25) is 0 Å². The van der Waals surface area contributed by atoms with Crippen molar-refractivity contribution in [1.82, 2.24) is 4.90 Å². The fourth-order valence-corrected chi connectivity index (χ4v) is 4.58. The molecule has 0 spiro atoms. The fraction of sp³-hybridized carbons (Fsp3) is 1.00. The highest BCUT2D eigenvalue weighted by molar-refractivity contribution is 5.85. The van der Waals surface area contributed by atoms with Gasteiger partial charge in [0.2, 0.25) is 0 Å². The van der Waals surface area contributed by atoms with E-state index in [4.69, 9.17) is 0 Å². The van der Waals surface area contributed by atoms with Crippen LogP contribution < -0.4 is 0 Å². The summed E-state index contributed by atoms with van der Waals surface area (Å²) in [4.78, 5) is 2.73. The van der Waals surface area contributed by atoms with Gasteiger partial charge < -0.3 is 4.90 Å². The van der Waals surface area contributed by atoms with Gasteiger partial charge in [-0.15, -0.1) is 12.4 Å². The number of hydrogen-bond donors (Lipinski definition) is 0. The molecule has 0 saturated carbocycles. The molecule has 0 aliphatic heterocycles. The molecule has 0 unspecified atom stereocenters. The monoisotopic (exact) mass is 445 g/mol. The van der Waals surface area contributed by atoms with Crippen molar-refractivity contribution in [2.75, 3.05) is 13.6 Å². The summed E-state index contributed by atoms with van der Waals surface area (Å²) in [5, 5.41) is 0. The van der Waals surface area contributed by atoms with Crippen LogP contribution in [0.15, 0.2) is 0 Å². The smallest absolute Gasteiger partial charge is 0.00922 e. The molecule has 0 fully saturated rings. The van der Waals surface area contributed by atoms with E-state index in [0.29, 0.717) is 0 Å². The second-order valence-corrected chi connectivity index (χ2v) is 9.72. The Morgan fingerprint density at radius 1 is 0.433 bits per heavy atom. The highest BCUT2D eigenvalue weighted by Crippen LogP contribution is 2.19. The molecule has 0 bridgehead atoms. The lowest BCUT2D eigenvalue weighted by Crippen LogP contribution is -2.32. The van der Waals surface area contributed by atoms with Crippen LogP contribution in [-0.2, 0) is 0 Å². The van der Waals surface area contributed by atoms with Crippen LogP contribution in [0, 0.1) is 0 Å². The third kappa shape index (κ3) is 22.9. The van der Waals surface area contributed by atoms with E-state index in [-0.39, 0.29) is 12.4 Å². The topological polar surface area (TPSA) is 3.24 Å². The molecule has 0 rings (SSSR count). The average Bonchev–Trinajstić information content (AvgIpc) is 2.73. The van der Waals surface area contributed by atoms with Crippen molar-refractivity contribution in [2.45, 2.75) is 168 Å². The Balaban J connectivity index is 0. The number of halogens is 1. The third-order valence-electron chi connectivity index (χ3n) is 6.77. The molecule has 2 heteroatoms. The SMILES string of the molecule is CCCCCCCCCCN(C)C(CCCCCCCC)CCCCCCCC.Cl. The van der Waals surface area contributed by atoms with E-state index in [1.54, 1.807) is 0 Å². The van der Waals surface area contributed by atoms with Crippen LogP contribution in [0.3, 0.4) is 0 Å². The van der Waals surface area contributed by atoms with Crippen molar-refractivity contribution in [3.05, 3.63) is 0 Å². The molecule has 0 N–H and O–H groups in total. The lowest BCUT2D eigenvalue weighted by atomic mass is 9.98. The summed E-state index contributed by atoms with van der Waals surface area (Å²) < 4.78 is 0. The predicted molar refractivity (Wildman–Crippen MR) is 142 cm³/mol. The summed E-state index contributed by atoms with van der Waals surface area (Å²) in [5.74, 6) is 0. The number of rotatable bonds is 24. The van der Waals surface area contributed by atoms with Crippen molar-refractivity contribution in [3.8, 4) is 0 Å². The van der Waals surface area contributed by atoms with Gasteiger partial charge in [-0.1, -0.05) is 143 Å². The van der Waals surface area contributed by atoms with Gasteiger partial charge in [0, 0.05) is 6.04 Å². The first-order valence-electron chi connectivity index (χ1n) is 14.0. The third-order valence-corrected chi connectivity index (χ3v) is 6.77. The summed E-state index contributed by atoms with van der Waals surface area (Å²) in [7, 11) is 2.42. The first-order chi connectivity index (χ1) is 14.3. The summed E-state index contributed by atoms with van der Waals surface area (Å²) in [5.41, 5.74) is 0. The lowest BCUT2D eigenvalue weighted by molar-refractivity contribution is 0.205. The molecule has 0 aromatic rings. The molecule has 1 nitrogen and oxygen atoms in total. The first kappa shape index (κ1) is 32.4. The van der Waals surface area contributed by atoms with E-state index in [1.165, 1.54) is 148 Å². The predicted octanol–water partition coefficient (Wildman–Crippen LogP) is 10.4. The molecule has 0 amide bonds. The molecule has 0 heterocycles. The lowest BCUT2D eigenvalue weighted by Gasteiger charge is -2.28. The maximum absolute atomic E-state index is 2.73. The van der Waals surface area contributed by atoms with Gasteiger partial charge in [0.1, 0.15) is 0 Å². The fourth-order valence-electron chi connectivity index (χ4n) is 4.58. The van der Waals surface area contributed by atoms with Gasteiger partial charge in [-0.25, -0.2) is 0 Å². The van der Waals surface area contributed by atoms with Crippen LogP contribution in [0.5, 0.6) is 0 Å². The van der Waals surface area contributed by atoms with E-state index < -0.39 is 0 Å². The van der Waals surface area contributed by atoms with Crippen molar-refractivity contribution >= 4 is 12.4 Å². The zero-order chi connectivity index (χ0) is 21.4. The molecule has 0 radical (unpaired) electrons. The van der Waals surface area contributed by atoms with Gasteiger partial charge in [0.25, 0.3) is 0 Å². The molecule has 0 aliphatic carbocycles. The van der Waals surface area contributed by atoms with Crippen LogP contribution in [-0.4, -0.2) is 24.5 Å². The van der Waals surface area contributed by atoms with Gasteiger partial charge in [-0.3, -0.25) is 0 Å². The van der Waals surface area contributed by atoms with E-state index in [1.807, 2.05) is 0 Å². The summed E-state index contributed by atoms with van der Waals surface area (Å²) >= 11 is 0. The second-order valence-electron chi connectivity index (χ2n) is 9.72. The van der Waals surface area contributed by atoms with Gasteiger partial charge in [0.05, 0.1) is 0 Å². The van der Waals surface area contributed by atoms with Crippen LogP contribution in [0.4, 0.5) is 0 Å². The molecular weight excluding hydrogens is 386 g/mol. The number of nitrogens with zero attached hydrogens (tertiary/aromatic N) is 1. The van der Waals surface area contributed by atoms with Crippen molar-refractivity contribution in [2.24, 2.45) is 0 Å². The molecule has 0 aliphatic rings. The van der Waals surface area contributed by atoms with Crippen molar-refractivity contribution < 1.29 is 0 Å². The molecule has 184 valence electrons. The Bertz CT molecular complexity index is 278. The van der Waals surface area contributed by atoms with Crippen molar-refractivity contribution in [3.63, 3.8) is 0 Å². The van der Waals surface area contributed by atoms with E-state index in [9.17, 15) is 0 Å². The minimum absolute atomic E-state index is 0. The zero-order valence-electron chi connectivity index (χ0n) is 21.7. The number of hydrogen-bond acceptors (Lipinski definition) is 1. The quantitative estimate of drug-likeness (QED) is 0.133. The zero-order valence-corrected chi connectivity index (χ0v) is 22.5. The highest BCUT2D eigenvalue weighted by atomic mass is 35.5. The Morgan fingerprint density at radius 2 is 0.733 bits per heavy atom. The molecule has 0 aromatic carbocycles. The summed E-state index contributed by atoms with van der Waals surface area (Å²) in [6.45, 7) is 8.27. The Morgan fingerprint density at radius 3 is 1.10 bits per heavy atom. The maximum Gasteiger partial charge on any atom is 0.00922 e. The second kappa shape index (κ2) is 27.3. The summed E-state index contributed by atoms with van der Waals surface area (Å²) in [6, 6.07) is 0.844. The minimum atomic E-state index is 0.